The number of rotatable bonds is 3. The van der Waals surface area contributed by atoms with Crippen LogP contribution in [0, 0.1) is 5.82 Å². The fourth-order valence-electron chi connectivity index (χ4n) is 1.31. The molecule has 2 rings (SSSR count). The molecule has 0 fully saturated rings. The average molecular weight is 253 g/mol. The Labute approximate surface area is 103 Å². The largest absolute Gasteiger partial charge is 0.436 e. The fourth-order valence-corrected chi connectivity index (χ4v) is 1.47. The molecule has 1 aromatic carbocycles. The van der Waals surface area contributed by atoms with Crippen LogP contribution >= 0.6 is 11.6 Å². The molecule has 0 aliphatic carbocycles. The Kier molecular flexibility index (Phi) is 3.56. The smallest absolute Gasteiger partial charge is 0.219 e. The summed E-state index contributed by atoms with van der Waals surface area (Å²) in [6.07, 6.45) is 1.56. The lowest BCUT2D eigenvalue weighted by Gasteiger charge is -2.07. The van der Waals surface area contributed by atoms with Crippen molar-refractivity contribution in [3.05, 3.63) is 52.9 Å². The van der Waals surface area contributed by atoms with Gasteiger partial charge in [0.25, 0.3) is 0 Å². The van der Waals surface area contributed by atoms with E-state index in [4.69, 9.17) is 22.1 Å². The first-order chi connectivity index (χ1) is 8.20. The molecule has 5 heteroatoms. The summed E-state index contributed by atoms with van der Waals surface area (Å²) >= 11 is 5.64. The van der Waals surface area contributed by atoms with E-state index in [9.17, 15) is 4.39 Å². The summed E-state index contributed by atoms with van der Waals surface area (Å²) in [4.78, 5) is 3.97. The van der Waals surface area contributed by atoms with Crippen molar-refractivity contribution in [2.75, 3.05) is 0 Å². The van der Waals surface area contributed by atoms with Crippen molar-refractivity contribution in [2.24, 2.45) is 5.73 Å². The van der Waals surface area contributed by atoms with Crippen LogP contribution in [0.5, 0.6) is 11.6 Å². The van der Waals surface area contributed by atoms with Crippen LogP contribution < -0.4 is 10.5 Å². The monoisotopic (exact) mass is 252 g/mol. The topological polar surface area (TPSA) is 48.1 Å². The number of aromatic nitrogens is 1. The van der Waals surface area contributed by atoms with Gasteiger partial charge in [0.1, 0.15) is 0 Å². The van der Waals surface area contributed by atoms with Gasteiger partial charge in [0.05, 0.1) is 5.02 Å². The minimum atomic E-state index is -0.603. The molecule has 0 aliphatic rings. The second-order valence-corrected chi connectivity index (χ2v) is 3.77. The first-order valence-electron chi connectivity index (χ1n) is 4.97. The van der Waals surface area contributed by atoms with Crippen LogP contribution in [-0.4, -0.2) is 4.98 Å². The van der Waals surface area contributed by atoms with Gasteiger partial charge in [-0.3, -0.25) is 0 Å². The van der Waals surface area contributed by atoms with Crippen LogP contribution in [0.1, 0.15) is 5.56 Å². The first kappa shape index (κ1) is 11.8. The molecule has 0 bridgehead atoms. The predicted molar refractivity (Wildman–Crippen MR) is 63.6 cm³/mol. The van der Waals surface area contributed by atoms with E-state index in [0.29, 0.717) is 6.54 Å². The molecule has 88 valence electrons. The van der Waals surface area contributed by atoms with Gasteiger partial charge in [0.2, 0.25) is 5.88 Å². The van der Waals surface area contributed by atoms with Gasteiger partial charge in [-0.05, 0) is 23.8 Å². The predicted octanol–water partition coefficient (Wildman–Crippen LogP) is 3.13. The van der Waals surface area contributed by atoms with E-state index in [-0.39, 0.29) is 16.7 Å². The first-order valence-corrected chi connectivity index (χ1v) is 5.35. The molecule has 1 heterocycles. The Balaban J connectivity index is 2.28. The van der Waals surface area contributed by atoms with Gasteiger partial charge in [-0.15, -0.1) is 0 Å². The Morgan fingerprint density at radius 3 is 2.94 bits per heavy atom. The maximum absolute atomic E-state index is 13.6. The van der Waals surface area contributed by atoms with Crippen molar-refractivity contribution in [1.82, 2.24) is 4.98 Å². The molecular weight excluding hydrogens is 243 g/mol. The quantitative estimate of drug-likeness (QED) is 0.913. The van der Waals surface area contributed by atoms with Crippen LogP contribution in [0.4, 0.5) is 4.39 Å². The summed E-state index contributed by atoms with van der Waals surface area (Å²) in [5.74, 6) is -0.276. The van der Waals surface area contributed by atoms with Gasteiger partial charge >= 0.3 is 0 Å². The van der Waals surface area contributed by atoms with Gasteiger partial charge in [0.15, 0.2) is 11.6 Å². The van der Waals surface area contributed by atoms with Crippen molar-refractivity contribution in [3.8, 4) is 11.6 Å². The van der Waals surface area contributed by atoms with Crippen LogP contribution in [0.2, 0.25) is 5.02 Å². The molecule has 0 atom stereocenters. The molecule has 0 unspecified atom stereocenters. The van der Waals surface area contributed by atoms with E-state index in [0.717, 1.165) is 5.56 Å². The molecule has 0 saturated carbocycles. The Morgan fingerprint density at radius 2 is 2.18 bits per heavy atom. The number of pyridine rings is 1. The molecule has 3 nitrogen and oxygen atoms in total. The minimum absolute atomic E-state index is 0.0116. The number of nitrogens with two attached hydrogens (primary N) is 1. The van der Waals surface area contributed by atoms with Crippen molar-refractivity contribution < 1.29 is 9.13 Å². The Bertz CT molecular complexity index is 534. The maximum atomic E-state index is 13.6. The summed E-state index contributed by atoms with van der Waals surface area (Å²) < 4.78 is 18.9. The maximum Gasteiger partial charge on any atom is 0.219 e. The van der Waals surface area contributed by atoms with Gasteiger partial charge in [-0.1, -0.05) is 17.7 Å². The van der Waals surface area contributed by atoms with E-state index in [1.807, 2.05) is 0 Å². The lowest BCUT2D eigenvalue weighted by Crippen LogP contribution is -1.98. The van der Waals surface area contributed by atoms with Crippen molar-refractivity contribution in [1.29, 1.82) is 0 Å². The van der Waals surface area contributed by atoms with E-state index in [1.165, 1.54) is 12.1 Å². The molecular formula is C12H10ClFN2O. The zero-order chi connectivity index (χ0) is 12.3. The van der Waals surface area contributed by atoms with Crippen LogP contribution in [0.25, 0.3) is 0 Å². The highest BCUT2D eigenvalue weighted by Crippen LogP contribution is 2.27. The summed E-state index contributed by atoms with van der Waals surface area (Å²) in [6.45, 7) is 0.372. The molecule has 17 heavy (non-hydrogen) atoms. The molecule has 0 radical (unpaired) electrons. The SMILES string of the molecule is NCc1ccnc(Oc2cccc(Cl)c2F)c1. The number of hydrogen-bond donors (Lipinski definition) is 1. The van der Waals surface area contributed by atoms with Gasteiger partial charge in [-0.2, -0.15) is 0 Å². The summed E-state index contributed by atoms with van der Waals surface area (Å²) in [5, 5.41) is 0.0116. The molecule has 0 amide bonds. The van der Waals surface area contributed by atoms with E-state index in [2.05, 4.69) is 4.98 Å². The standard InChI is InChI=1S/C12H10ClFN2O/c13-9-2-1-3-10(12(9)14)17-11-6-8(7-15)4-5-16-11/h1-6H,7,15H2. The zero-order valence-corrected chi connectivity index (χ0v) is 9.62. The van der Waals surface area contributed by atoms with E-state index in [1.54, 1.807) is 24.4 Å². The van der Waals surface area contributed by atoms with Crippen LogP contribution in [0.15, 0.2) is 36.5 Å². The van der Waals surface area contributed by atoms with Gasteiger partial charge < -0.3 is 10.5 Å². The zero-order valence-electron chi connectivity index (χ0n) is 8.86. The highest BCUT2D eigenvalue weighted by Gasteiger charge is 2.09. The molecule has 0 saturated heterocycles. The molecule has 0 spiro atoms. The van der Waals surface area contributed by atoms with Crippen molar-refractivity contribution >= 4 is 11.6 Å². The number of nitrogens with zero attached hydrogens (tertiary/aromatic N) is 1. The lowest BCUT2D eigenvalue weighted by atomic mass is 10.3. The summed E-state index contributed by atoms with van der Waals surface area (Å²) in [6, 6.07) is 7.96. The molecule has 2 N–H and O–H groups in total. The van der Waals surface area contributed by atoms with Crippen molar-refractivity contribution in [3.63, 3.8) is 0 Å². The van der Waals surface area contributed by atoms with Crippen LogP contribution in [0.3, 0.4) is 0 Å². The van der Waals surface area contributed by atoms with E-state index >= 15 is 0 Å². The lowest BCUT2D eigenvalue weighted by molar-refractivity contribution is 0.427. The fraction of sp³-hybridized carbons (Fsp3) is 0.0833. The number of benzene rings is 1. The van der Waals surface area contributed by atoms with Gasteiger partial charge in [0, 0.05) is 18.8 Å². The van der Waals surface area contributed by atoms with Gasteiger partial charge in [-0.25, -0.2) is 9.37 Å². The van der Waals surface area contributed by atoms with E-state index < -0.39 is 5.82 Å². The Morgan fingerprint density at radius 1 is 1.35 bits per heavy atom. The second-order valence-electron chi connectivity index (χ2n) is 3.36. The third kappa shape index (κ3) is 2.72. The third-order valence-corrected chi connectivity index (χ3v) is 2.46. The minimum Gasteiger partial charge on any atom is -0.436 e. The van der Waals surface area contributed by atoms with Crippen molar-refractivity contribution in [2.45, 2.75) is 6.54 Å². The third-order valence-electron chi connectivity index (χ3n) is 2.17. The molecule has 0 aliphatic heterocycles. The summed E-state index contributed by atoms with van der Waals surface area (Å²) in [7, 11) is 0. The number of hydrogen-bond acceptors (Lipinski definition) is 3. The summed E-state index contributed by atoms with van der Waals surface area (Å²) in [5.41, 5.74) is 6.35. The average Bonchev–Trinajstić information content (AvgIpc) is 2.35. The van der Waals surface area contributed by atoms with Crippen LogP contribution in [-0.2, 0) is 6.54 Å². The molecule has 1 aromatic heterocycles. The molecule has 2 aromatic rings. The Hall–Kier alpha value is -1.65. The number of halogens is 2. The number of ether oxygens (including phenoxy) is 1. The normalized spacial score (nSPS) is 10.3. The highest BCUT2D eigenvalue weighted by molar-refractivity contribution is 6.30. The second kappa shape index (κ2) is 5.12. The highest BCUT2D eigenvalue weighted by atomic mass is 35.5.